The molecule has 4 N–H and O–H groups in total. The second-order valence-electron chi connectivity index (χ2n) is 12.6. The fourth-order valence-corrected chi connectivity index (χ4v) is 5.56. The molecule has 0 aliphatic carbocycles. The monoisotopic (exact) mass is 594 g/mol. The van der Waals surface area contributed by atoms with Gasteiger partial charge in [-0.15, -0.1) is 0 Å². The number of esters is 1. The lowest BCUT2D eigenvalue weighted by Crippen LogP contribution is -2.61. The molecule has 0 unspecified atom stereocenters. The van der Waals surface area contributed by atoms with Crippen LogP contribution in [0.25, 0.3) is 10.9 Å². The van der Waals surface area contributed by atoms with Crippen molar-refractivity contribution in [2.24, 2.45) is 11.3 Å². The van der Waals surface area contributed by atoms with Gasteiger partial charge in [0.25, 0.3) is 5.91 Å². The molecule has 3 heterocycles. The predicted molar refractivity (Wildman–Crippen MR) is 163 cm³/mol. The van der Waals surface area contributed by atoms with Crippen molar-refractivity contribution in [2.75, 3.05) is 19.6 Å². The molecule has 0 spiro atoms. The van der Waals surface area contributed by atoms with Crippen molar-refractivity contribution in [2.45, 2.75) is 91.5 Å². The van der Waals surface area contributed by atoms with Gasteiger partial charge in [-0.3, -0.25) is 24.2 Å². The van der Waals surface area contributed by atoms with E-state index in [1.54, 1.807) is 13.8 Å². The van der Waals surface area contributed by atoms with Crippen molar-refractivity contribution in [3.05, 3.63) is 41.6 Å². The topological polar surface area (TPSA) is 142 Å². The van der Waals surface area contributed by atoms with Gasteiger partial charge in [-0.25, -0.2) is 10.4 Å². The predicted octanol–water partition coefficient (Wildman–Crippen LogP) is 2.68. The van der Waals surface area contributed by atoms with E-state index in [4.69, 9.17) is 4.74 Å². The van der Waals surface area contributed by atoms with E-state index in [-0.39, 0.29) is 17.7 Å². The zero-order chi connectivity index (χ0) is 31.3. The van der Waals surface area contributed by atoms with E-state index in [0.717, 1.165) is 29.6 Å². The molecule has 2 aromatic rings. The van der Waals surface area contributed by atoms with Crippen LogP contribution in [-0.2, 0) is 23.9 Å². The van der Waals surface area contributed by atoms with Gasteiger partial charge in [-0.1, -0.05) is 39.0 Å². The van der Waals surface area contributed by atoms with E-state index in [9.17, 15) is 19.2 Å². The van der Waals surface area contributed by atoms with Crippen molar-refractivity contribution < 1.29 is 23.9 Å². The molecule has 11 heteroatoms. The summed E-state index contributed by atoms with van der Waals surface area (Å²) in [6.07, 6.45) is 1.93. The smallest absolute Gasteiger partial charge is 0.325 e. The second kappa shape index (κ2) is 13.8. The number of rotatable bonds is 9. The summed E-state index contributed by atoms with van der Waals surface area (Å²) >= 11 is 0. The number of piperidine rings is 1. The lowest BCUT2D eigenvalue weighted by Gasteiger charge is -2.36. The van der Waals surface area contributed by atoms with Crippen LogP contribution >= 0.6 is 0 Å². The molecule has 1 aromatic heterocycles. The first-order chi connectivity index (χ1) is 20.4. The van der Waals surface area contributed by atoms with E-state index in [1.165, 1.54) is 5.01 Å². The summed E-state index contributed by atoms with van der Waals surface area (Å²) in [7, 11) is 0. The third-order valence-electron chi connectivity index (χ3n) is 8.54. The molecule has 2 aliphatic heterocycles. The Labute approximate surface area is 253 Å². The van der Waals surface area contributed by atoms with E-state index in [0.29, 0.717) is 37.9 Å². The maximum Gasteiger partial charge on any atom is 0.325 e. The Bertz CT molecular complexity index is 1340. The van der Waals surface area contributed by atoms with Crippen LogP contribution < -0.4 is 21.4 Å². The van der Waals surface area contributed by atoms with Crippen LogP contribution in [0.4, 0.5) is 0 Å². The summed E-state index contributed by atoms with van der Waals surface area (Å²) in [5.74, 6) is -1.58. The number of aromatic nitrogens is 1. The minimum absolute atomic E-state index is 0.149. The molecule has 0 bridgehead atoms. The van der Waals surface area contributed by atoms with Crippen molar-refractivity contribution in [3.63, 3.8) is 0 Å². The van der Waals surface area contributed by atoms with Gasteiger partial charge >= 0.3 is 5.97 Å². The molecule has 3 amide bonds. The number of hydrogen-bond acceptors (Lipinski definition) is 8. The van der Waals surface area contributed by atoms with Gasteiger partial charge in [0, 0.05) is 17.3 Å². The average molecular weight is 595 g/mol. The lowest BCUT2D eigenvalue weighted by atomic mass is 9.79. The van der Waals surface area contributed by atoms with Gasteiger partial charge in [0.1, 0.15) is 24.2 Å². The standard InChI is InChI=1S/C32H46N6O5/c1-19(2)27(36-31(42)32(6)13-15-33-16-14-32)28(39)34-21(4)29(40)38-17-7-8-25(37-38)30(41)43-22(5)24-12-11-23-10-9-20(3)18-26(23)35-24/h9-12,18-19,21-22,25,27,33,37H,7-8,13-17H2,1-6H3,(H,34,39)(H,36,42)/t21-,22+,25-,27-/m0/s1. The number of fused-ring (bicyclic) bond motifs is 1. The highest BCUT2D eigenvalue weighted by Gasteiger charge is 2.38. The van der Waals surface area contributed by atoms with Crippen LogP contribution in [0.15, 0.2) is 30.3 Å². The first kappa shape index (κ1) is 32.3. The molecule has 43 heavy (non-hydrogen) atoms. The number of benzene rings is 1. The van der Waals surface area contributed by atoms with E-state index in [2.05, 4.69) is 26.4 Å². The summed E-state index contributed by atoms with van der Waals surface area (Å²) in [6, 6.07) is 7.48. The number of nitrogens with zero attached hydrogens (tertiary/aromatic N) is 2. The number of carbonyl (C=O) groups is 4. The van der Waals surface area contributed by atoms with Crippen LogP contribution in [0.5, 0.6) is 0 Å². The van der Waals surface area contributed by atoms with Gasteiger partial charge in [0.05, 0.1) is 11.2 Å². The first-order valence-corrected chi connectivity index (χ1v) is 15.4. The third kappa shape index (κ3) is 7.88. The minimum atomic E-state index is -0.869. The number of pyridine rings is 1. The number of carbonyl (C=O) groups excluding carboxylic acids is 4. The number of hydrazine groups is 1. The van der Waals surface area contributed by atoms with Gasteiger partial charge in [0.2, 0.25) is 11.8 Å². The van der Waals surface area contributed by atoms with Crippen LogP contribution in [0.1, 0.15) is 77.7 Å². The molecule has 2 fully saturated rings. The molecule has 4 atom stereocenters. The molecule has 0 radical (unpaired) electrons. The fourth-order valence-electron chi connectivity index (χ4n) is 5.56. The maximum absolute atomic E-state index is 13.3. The number of amides is 3. The molecule has 11 nitrogen and oxygen atoms in total. The number of ether oxygens (including phenoxy) is 1. The highest BCUT2D eigenvalue weighted by Crippen LogP contribution is 2.28. The first-order valence-electron chi connectivity index (χ1n) is 15.4. The van der Waals surface area contributed by atoms with Crippen LogP contribution in [-0.4, -0.2) is 71.4 Å². The van der Waals surface area contributed by atoms with Crippen LogP contribution in [0.2, 0.25) is 0 Å². The number of aryl methyl sites for hydroxylation is 1. The molecule has 2 saturated heterocycles. The Hall–Kier alpha value is -3.57. The number of hydrogen-bond donors (Lipinski definition) is 4. The van der Waals surface area contributed by atoms with Crippen molar-refractivity contribution >= 4 is 34.6 Å². The Morgan fingerprint density at radius 2 is 1.74 bits per heavy atom. The van der Waals surface area contributed by atoms with E-state index in [1.807, 2.05) is 58.0 Å². The zero-order valence-corrected chi connectivity index (χ0v) is 26.2. The van der Waals surface area contributed by atoms with Gasteiger partial charge < -0.3 is 20.7 Å². The molecule has 234 valence electrons. The van der Waals surface area contributed by atoms with Gasteiger partial charge in [-0.2, -0.15) is 0 Å². The second-order valence-corrected chi connectivity index (χ2v) is 12.6. The Morgan fingerprint density at radius 3 is 2.44 bits per heavy atom. The average Bonchev–Trinajstić information content (AvgIpc) is 2.98. The third-order valence-corrected chi connectivity index (χ3v) is 8.54. The highest BCUT2D eigenvalue weighted by atomic mass is 16.5. The quantitative estimate of drug-likeness (QED) is 0.325. The van der Waals surface area contributed by atoms with E-state index >= 15 is 0 Å². The Balaban J connectivity index is 1.32. The normalized spacial score (nSPS) is 20.6. The summed E-state index contributed by atoms with van der Waals surface area (Å²) in [4.78, 5) is 57.4. The highest BCUT2D eigenvalue weighted by molar-refractivity contribution is 5.93. The lowest BCUT2D eigenvalue weighted by molar-refractivity contribution is -0.157. The van der Waals surface area contributed by atoms with Crippen molar-refractivity contribution in [3.8, 4) is 0 Å². The SMILES string of the molecule is Cc1ccc2ccc([C@@H](C)OC(=O)[C@@H]3CCCN(C(=O)[C@H](C)NC(=O)[C@@H](NC(=O)C4(C)CCNCC4)C(C)C)N3)nc2c1. The number of nitrogens with one attached hydrogen (secondary N) is 4. The molecule has 0 saturated carbocycles. The maximum atomic E-state index is 13.3. The molecular weight excluding hydrogens is 548 g/mol. The molecule has 1 aromatic carbocycles. The van der Waals surface area contributed by atoms with Crippen LogP contribution in [0.3, 0.4) is 0 Å². The Kier molecular flexibility index (Phi) is 10.4. The van der Waals surface area contributed by atoms with Crippen LogP contribution in [0, 0.1) is 18.3 Å². The summed E-state index contributed by atoms with van der Waals surface area (Å²) in [5.41, 5.74) is 5.04. The van der Waals surface area contributed by atoms with E-state index < -0.39 is 41.5 Å². The largest absolute Gasteiger partial charge is 0.455 e. The zero-order valence-electron chi connectivity index (χ0n) is 26.2. The Morgan fingerprint density at radius 1 is 1.05 bits per heavy atom. The van der Waals surface area contributed by atoms with Crippen molar-refractivity contribution in [1.82, 2.24) is 31.4 Å². The van der Waals surface area contributed by atoms with Crippen molar-refractivity contribution in [1.29, 1.82) is 0 Å². The summed E-state index contributed by atoms with van der Waals surface area (Å²) in [5, 5.41) is 11.3. The minimum Gasteiger partial charge on any atom is -0.455 e. The molecular formula is C32H46N6O5. The molecule has 4 rings (SSSR count). The summed E-state index contributed by atoms with van der Waals surface area (Å²) < 4.78 is 5.75. The van der Waals surface area contributed by atoms with Gasteiger partial charge in [-0.05, 0) is 83.2 Å². The summed E-state index contributed by atoms with van der Waals surface area (Å²) in [6.45, 7) is 12.9. The molecule has 2 aliphatic rings. The fraction of sp³-hybridized carbons (Fsp3) is 0.594. The van der Waals surface area contributed by atoms with Gasteiger partial charge in [0.15, 0.2) is 0 Å².